The van der Waals surface area contributed by atoms with Crippen LogP contribution in [0.5, 0.6) is 0 Å². The van der Waals surface area contributed by atoms with Gasteiger partial charge in [-0.05, 0) is 30.2 Å². The van der Waals surface area contributed by atoms with E-state index in [9.17, 15) is 4.79 Å². The average Bonchev–Trinajstić information content (AvgIpc) is 2.07. The molecular formula is C9H13NO2Si. The van der Waals surface area contributed by atoms with E-state index in [1.807, 2.05) is 32.0 Å². The molecule has 0 aromatic heterocycles. The van der Waals surface area contributed by atoms with Crippen molar-refractivity contribution in [3.63, 3.8) is 0 Å². The summed E-state index contributed by atoms with van der Waals surface area (Å²) in [7, 11) is -0.984. The van der Waals surface area contributed by atoms with Gasteiger partial charge in [0.2, 0.25) is 0 Å². The fourth-order valence-electron chi connectivity index (χ4n) is 1.12. The molecule has 1 amide bonds. The molecule has 0 unspecified atom stereocenters. The van der Waals surface area contributed by atoms with Crippen molar-refractivity contribution in [1.82, 2.24) is 0 Å². The number of aryl methyl sites for hydroxylation is 1. The topological polar surface area (TPSA) is 52.3 Å². The molecule has 0 fully saturated rings. The van der Waals surface area contributed by atoms with Gasteiger partial charge in [-0.15, -0.1) is 0 Å². The van der Waals surface area contributed by atoms with E-state index in [0.717, 1.165) is 5.19 Å². The molecule has 0 saturated heterocycles. The SMILES string of the molecule is Cc1cccc([SiH2]OC(N)=O)c1C. The van der Waals surface area contributed by atoms with Crippen LogP contribution >= 0.6 is 0 Å². The second-order valence-electron chi connectivity index (χ2n) is 2.97. The lowest BCUT2D eigenvalue weighted by atomic mass is 10.1. The van der Waals surface area contributed by atoms with Crippen LogP contribution in [0.25, 0.3) is 0 Å². The first-order valence-corrected chi connectivity index (χ1v) is 5.37. The van der Waals surface area contributed by atoms with Gasteiger partial charge in [0.25, 0.3) is 9.76 Å². The van der Waals surface area contributed by atoms with Crippen LogP contribution in [-0.2, 0) is 4.43 Å². The van der Waals surface area contributed by atoms with E-state index < -0.39 is 15.9 Å². The zero-order chi connectivity index (χ0) is 9.84. The van der Waals surface area contributed by atoms with Gasteiger partial charge in [0.1, 0.15) is 0 Å². The number of hydrogen-bond donors (Lipinski definition) is 1. The van der Waals surface area contributed by atoms with Crippen LogP contribution in [0.1, 0.15) is 11.1 Å². The average molecular weight is 195 g/mol. The Morgan fingerprint density at radius 3 is 2.77 bits per heavy atom. The van der Waals surface area contributed by atoms with E-state index >= 15 is 0 Å². The largest absolute Gasteiger partial charge is 0.505 e. The molecule has 0 atom stereocenters. The molecule has 0 aliphatic heterocycles. The van der Waals surface area contributed by atoms with E-state index in [1.165, 1.54) is 11.1 Å². The number of amides is 1. The molecule has 0 heterocycles. The highest BCUT2D eigenvalue weighted by Gasteiger charge is 2.03. The Morgan fingerprint density at radius 1 is 1.46 bits per heavy atom. The van der Waals surface area contributed by atoms with Gasteiger partial charge in [0, 0.05) is 0 Å². The van der Waals surface area contributed by atoms with E-state index in [2.05, 4.69) is 0 Å². The minimum Gasteiger partial charge on any atom is -0.505 e. The van der Waals surface area contributed by atoms with Gasteiger partial charge in [0.15, 0.2) is 0 Å². The molecule has 13 heavy (non-hydrogen) atoms. The van der Waals surface area contributed by atoms with E-state index in [-0.39, 0.29) is 0 Å². The quantitative estimate of drug-likeness (QED) is 0.681. The third kappa shape index (κ3) is 2.59. The molecule has 4 heteroatoms. The minimum absolute atomic E-state index is 0.674. The van der Waals surface area contributed by atoms with Crippen molar-refractivity contribution in [2.45, 2.75) is 13.8 Å². The van der Waals surface area contributed by atoms with E-state index in [0.29, 0.717) is 0 Å². The van der Waals surface area contributed by atoms with E-state index in [1.54, 1.807) is 0 Å². The van der Waals surface area contributed by atoms with Crippen LogP contribution in [0.15, 0.2) is 18.2 Å². The highest BCUT2D eigenvalue weighted by Crippen LogP contribution is 2.01. The fraction of sp³-hybridized carbons (Fsp3) is 0.222. The highest BCUT2D eigenvalue weighted by atomic mass is 28.2. The zero-order valence-electron chi connectivity index (χ0n) is 7.83. The molecule has 1 aromatic carbocycles. The predicted octanol–water partition coefficient (Wildman–Crippen LogP) is 0.108. The Kier molecular flexibility index (Phi) is 3.08. The second-order valence-corrected chi connectivity index (χ2v) is 4.31. The number of rotatable bonds is 2. The van der Waals surface area contributed by atoms with Gasteiger partial charge in [-0.1, -0.05) is 18.2 Å². The molecule has 2 N–H and O–H groups in total. The van der Waals surface area contributed by atoms with Gasteiger partial charge in [-0.2, -0.15) is 0 Å². The molecule has 0 spiro atoms. The van der Waals surface area contributed by atoms with E-state index in [4.69, 9.17) is 10.2 Å². The third-order valence-electron chi connectivity index (χ3n) is 2.09. The Labute approximate surface area is 79.8 Å². The number of hydrogen-bond acceptors (Lipinski definition) is 2. The maximum Gasteiger partial charge on any atom is 0.390 e. The number of primary amides is 1. The summed E-state index contributed by atoms with van der Waals surface area (Å²) in [5.41, 5.74) is 7.33. The number of carbonyl (C=O) groups is 1. The van der Waals surface area contributed by atoms with Crippen LogP contribution in [0.2, 0.25) is 0 Å². The molecule has 3 nitrogen and oxygen atoms in total. The first-order valence-electron chi connectivity index (χ1n) is 4.08. The number of carbonyl (C=O) groups excluding carboxylic acids is 1. The lowest BCUT2D eigenvalue weighted by Gasteiger charge is -2.07. The van der Waals surface area contributed by atoms with Crippen molar-refractivity contribution >= 4 is 21.0 Å². The predicted molar refractivity (Wildman–Crippen MR) is 54.8 cm³/mol. The highest BCUT2D eigenvalue weighted by molar-refractivity contribution is 6.49. The molecule has 70 valence electrons. The van der Waals surface area contributed by atoms with Gasteiger partial charge >= 0.3 is 6.09 Å². The molecular weight excluding hydrogens is 182 g/mol. The van der Waals surface area contributed by atoms with Crippen molar-refractivity contribution in [2.24, 2.45) is 5.73 Å². The lowest BCUT2D eigenvalue weighted by Crippen LogP contribution is -2.26. The van der Waals surface area contributed by atoms with Gasteiger partial charge < -0.3 is 10.2 Å². The van der Waals surface area contributed by atoms with Gasteiger partial charge in [0.05, 0.1) is 0 Å². The molecule has 0 aliphatic rings. The Balaban J connectivity index is 2.77. The minimum atomic E-state index is -0.984. The lowest BCUT2D eigenvalue weighted by molar-refractivity contribution is 0.214. The van der Waals surface area contributed by atoms with Crippen LogP contribution in [0.4, 0.5) is 4.79 Å². The Hall–Kier alpha value is -1.29. The van der Waals surface area contributed by atoms with Gasteiger partial charge in [-0.3, -0.25) is 0 Å². The third-order valence-corrected chi connectivity index (χ3v) is 3.59. The summed E-state index contributed by atoms with van der Waals surface area (Å²) in [6.45, 7) is 4.07. The Morgan fingerprint density at radius 2 is 2.15 bits per heavy atom. The van der Waals surface area contributed by atoms with Crippen molar-refractivity contribution < 1.29 is 9.22 Å². The maximum absolute atomic E-state index is 10.4. The number of benzene rings is 1. The monoisotopic (exact) mass is 195 g/mol. The van der Waals surface area contributed by atoms with Crippen molar-refractivity contribution in [3.8, 4) is 0 Å². The van der Waals surface area contributed by atoms with Crippen LogP contribution in [-0.4, -0.2) is 15.9 Å². The molecule has 0 aliphatic carbocycles. The summed E-state index contributed by atoms with van der Waals surface area (Å²) in [6, 6.07) is 5.99. The maximum atomic E-state index is 10.4. The van der Waals surface area contributed by atoms with Crippen LogP contribution in [0, 0.1) is 13.8 Å². The normalized spacial score (nSPS) is 10.6. The first kappa shape index (κ1) is 9.79. The summed E-state index contributed by atoms with van der Waals surface area (Å²) in [5.74, 6) is 0. The standard InChI is InChI=1S/C9H13NO2Si/c1-6-4-3-5-8(7(6)2)13-12-9(10)11/h3-5H,13H2,1-2H3,(H2,10,11). The van der Waals surface area contributed by atoms with Crippen LogP contribution < -0.4 is 10.9 Å². The van der Waals surface area contributed by atoms with Crippen molar-refractivity contribution in [2.75, 3.05) is 0 Å². The van der Waals surface area contributed by atoms with Crippen molar-refractivity contribution in [3.05, 3.63) is 29.3 Å². The zero-order valence-corrected chi connectivity index (χ0v) is 9.25. The Bertz CT molecular complexity index is 325. The first-order chi connectivity index (χ1) is 6.11. The molecule has 1 rings (SSSR count). The number of nitrogens with two attached hydrogens (primary N) is 1. The molecule has 0 radical (unpaired) electrons. The summed E-state index contributed by atoms with van der Waals surface area (Å²) in [6.07, 6.45) is -0.674. The fourth-order valence-corrected chi connectivity index (χ4v) is 2.14. The summed E-state index contributed by atoms with van der Waals surface area (Å²) in [4.78, 5) is 10.4. The van der Waals surface area contributed by atoms with Crippen molar-refractivity contribution in [1.29, 1.82) is 0 Å². The summed E-state index contributed by atoms with van der Waals surface area (Å²) >= 11 is 0. The summed E-state index contributed by atoms with van der Waals surface area (Å²) in [5, 5.41) is 1.14. The van der Waals surface area contributed by atoms with Gasteiger partial charge in [-0.25, -0.2) is 4.79 Å². The van der Waals surface area contributed by atoms with Crippen LogP contribution in [0.3, 0.4) is 0 Å². The molecule has 1 aromatic rings. The smallest absolute Gasteiger partial charge is 0.390 e. The summed E-state index contributed by atoms with van der Waals surface area (Å²) < 4.78 is 4.84. The second kappa shape index (κ2) is 4.09. The molecule has 0 saturated carbocycles. The molecule has 0 bridgehead atoms.